The lowest BCUT2D eigenvalue weighted by atomic mass is 9.88. The predicted octanol–water partition coefficient (Wildman–Crippen LogP) is 3.15. The van der Waals surface area contributed by atoms with Crippen LogP contribution < -0.4 is 10.5 Å². The molecule has 2 aromatic heterocycles. The first kappa shape index (κ1) is 12.4. The van der Waals surface area contributed by atoms with Gasteiger partial charge < -0.3 is 10.5 Å². The first-order valence-corrected chi connectivity index (χ1v) is 5.81. The van der Waals surface area contributed by atoms with Crippen molar-refractivity contribution in [3.8, 4) is 11.6 Å². The standard InChI is InChI=1S/C14H17N3O/c1-14(2,3)10-7-11(9-16-8-10)18-13-6-4-5-12(15)17-13/h4-9H,1-3H3,(H2,15,17). The summed E-state index contributed by atoms with van der Waals surface area (Å²) in [5.74, 6) is 1.58. The molecule has 0 amide bonds. The second kappa shape index (κ2) is 4.64. The van der Waals surface area contributed by atoms with Crippen LogP contribution in [0.2, 0.25) is 0 Å². The quantitative estimate of drug-likeness (QED) is 0.880. The van der Waals surface area contributed by atoms with Crippen LogP contribution in [0.15, 0.2) is 36.7 Å². The SMILES string of the molecule is CC(C)(C)c1cncc(Oc2cccc(N)n2)c1. The van der Waals surface area contributed by atoms with E-state index in [0.717, 1.165) is 5.56 Å². The van der Waals surface area contributed by atoms with Crippen molar-refractivity contribution in [1.82, 2.24) is 9.97 Å². The van der Waals surface area contributed by atoms with E-state index in [1.54, 1.807) is 24.4 Å². The first-order valence-electron chi connectivity index (χ1n) is 5.81. The molecule has 94 valence electrons. The number of nitrogen functional groups attached to an aromatic ring is 1. The molecule has 0 aliphatic rings. The van der Waals surface area contributed by atoms with Crippen LogP contribution in [-0.4, -0.2) is 9.97 Å². The molecule has 0 aromatic carbocycles. The second-order valence-electron chi connectivity index (χ2n) is 5.16. The fourth-order valence-electron chi connectivity index (χ4n) is 1.49. The van der Waals surface area contributed by atoms with E-state index in [9.17, 15) is 0 Å². The van der Waals surface area contributed by atoms with Gasteiger partial charge in [0.1, 0.15) is 11.6 Å². The lowest BCUT2D eigenvalue weighted by molar-refractivity contribution is 0.458. The highest BCUT2D eigenvalue weighted by molar-refractivity contribution is 5.35. The van der Waals surface area contributed by atoms with Gasteiger partial charge in [0.2, 0.25) is 5.88 Å². The highest BCUT2D eigenvalue weighted by Crippen LogP contribution is 2.26. The maximum Gasteiger partial charge on any atom is 0.221 e. The van der Waals surface area contributed by atoms with Gasteiger partial charge in [0.05, 0.1) is 6.20 Å². The minimum Gasteiger partial charge on any atom is -0.437 e. The zero-order valence-corrected chi connectivity index (χ0v) is 10.8. The summed E-state index contributed by atoms with van der Waals surface area (Å²) in [6, 6.07) is 7.26. The summed E-state index contributed by atoms with van der Waals surface area (Å²) in [6.45, 7) is 6.39. The van der Waals surface area contributed by atoms with Gasteiger partial charge in [0, 0.05) is 12.3 Å². The van der Waals surface area contributed by atoms with Gasteiger partial charge in [-0.05, 0) is 23.1 Å². The third-order valence-electron chi connectivity index (χ3n) is 2.55. The van der Waals surface area contributed by atoms with Gasteiger partial charge in [0.15, 0.2) is 0 Å². The number of nitrogens with two attached hydrogens (primary N) is 1. The van der Waals surface area contributed by atoms with Crippen LogP contribution in [0.5, 0.6) is 11.6 Å². The Morgan fingerprint density at radius 3 is 2.61 bits per heavy atom. The lowest BCUT2D eigenvalue weighted by Crippen LogP contribution is -2.11. The molecule has 2 N–H and O–H groups in total. The summed E-state index contributed by atoms with van der Waals surface area (Å²) < 4.78 is 5.64. The number of anilines is 1. The fourth-order valence-corrected chi connectivity index (χ4v) is 1.49. The molecule has 0 bridgehead atoms. The number of rotatable bonds is 2. The first-order chi connectivity index (χ1) is 8.45. The van der Waals surface area contributed by atoms with Crippen molar-refractivity contribution in [2.24, 2.45) is 0 Å². The molecule has 0 spiro atoms. The molecular formula is C14H17N3O. The molecule has 0 fully saturated rings. The Balaban J connectivity index is 2.25. The molecule has 18 heavy (non-hydrogen) atoms. The van der Waals surface area contributed by atoms with Crippen molar-refractivity contribution in [2.45, 2.75) is 26.2 Å². The zero-order valence-electron chi connectivity index (χ0n) is 10.8. The average Bonchev–Trinajstić information content (AvgIpc) is 2.28. The van der Waals surface area contributed by atoms with E-state index in [2.05, 4.69) is 30.7 Å². The number of nitrogens with zero attached hydrogens (tertiary/aromatic N) is 2. The van der Waals surface area contributed by atoms with Crippen molar-refractivity contribution in [3.63, 3.8) is 0 Å². The fraction of sp³-hybridized carbons (Fsp3) is 0.286. The van der Waals surface area contributed by atoms with Gasteiger partial charge in [-0.25, -0.2) is 0 Å². The highest BCUT2D eigenvalue weighted by atomic mass is 16.5. The number of hydrogen-bond donors (Lipinski definition) is 1. The summed E-state index contributed by atoms with van der Waals surface area (Å²) in [5.41, 5.74) is 6.76. The Morgan fingerprint density at radius 2 is 1.94 bits per heavy atom. The Bertz CT molecular complexity index is 547. The van der Waals surface area contributed by atoms with Gasteiger partial charge in [-0.3, -0.25) is 4.98 Å². The second-order valence-corrected chi connectivity index (χ2v) is 5.16. The largest absolute Gasteiger partial charge is 0.437 e. The molecule has 4 heteroatoms. The summed E-state index contributed by atoms with van der Waals surface area (Å²) in [6.07, 6.45) is 3.51. The van der Waals surface area contributed by atoms with E-state index in [1.165, 1.54) is 0 Å². The van der Waals surface area contributed by atoms with E-state index >= 15 is 0 Å². The molecule has 0 atom stereocenters. The lowest BCUT2D eigenvalue weighted by Gasteiger charge is -2.18. The summed E-state index contributed by atoms with van der Waals surface area (Å²) in [5, 5.41) is 0. The maximum absolute atomic E-state index is 5.64. The maximum atomic E-state index is 5.64. The van der Waals surface area contributed by atoms with Gasteiger partial charge >= 0.3 is 0 Å². The van der Waals surface area contributed by atoms with E-state index < -0.39 is 0 Å². The molecule has 2 heterocycles. The average molecular weight is 243 g/mol. The number of hydrogen-bond acceptors (Lipinski definition) is 4. The van der Waals surface area contributed by atoms with Gasteiger partial charge in [-0.2, -0.15) is 4.98 Å². The molecule has 2 rings (SSSR count). The van der Waals surface area contributed by atoms with Crippen molar-refractivity contribution in [3.05, 3.63) is 42.2 Å². The van der Waals surface area contributed by atoms with Crippen LogP contribution in [0.25, 0.3) is 0 Å². The van der Waals surface area contributed by atoms with Gasteiger partial charge in [-0.1, -0.05) is 26.8 Å². The minimum atomic E-state index is 0.0372. The molecular weight excluding hydrogens is 226 g/mol. The van der Waals surface area contributed by atoms with Crippen molar-refractivity contribution < 1.29 is 4.74 Å². The van der Waals surface area contributed by atoms with E-state index in [1.807, 2.05) is 12.3 Å². The molecule has 0 radical (unpaired) electrons. The van der Waals surface area contributed by atoms with Crippen molar-refractivity contribution in [2.75, 3.05) is 5.73 Å². The van der Waals surface area contributed by atoms with Crippen LogP contribution in [0.1, 0.15) is 26.3 Å². The van der Waals surface area contributed by atoms with E-state index in [4.69, 9.17) is 10.5 Å². The van der Waals surface area contributed by atoms with Crippen LogP contribution in [0.3, 0.4) is 0 Å². The van der Waals surface area contributed by atoms with Crippen molar-refractivity contribution in [1.29, 1.82) is 0 Å². The van der Waals surface area contributed by atoms with Crippen LogP contribution in [-0.2, 0) is 5.41 Å². The topological polar surface area (TPSA) is 61.0 Å². The summed E-state index contributed by atoms with van der Waals surface area (Å²) >= 11 is 0. The van der Waals surface area contributed by atoms with E-state index in [0.29, 0.717) is 17.4 Å². The Kier molecular flexibility index (Phi) is 3.19. The normalized spacial score (nSPS) is 11.3. The Labute approximate surface area is 107 Å². The van der Waals surface area contributed by atoms with Crippen LogP contribution in [0, 0.1) is 0 Å². The smallest absolute Gasteiger partial charge is 0.221 e. The van der Waals surface area contributed by atoms with Crippen molar-refractivity contribution >= 4 is 5.82 Å². The Hall–Kier alpha value is -2.10. The molecule has 0 unspecified atom stereocenters. The monoisotopic (exact) mass is 243 g/mol. The molecule has 0 saturated heterocycles. The molecule has 2 aromatic rings. The minimum absolute atomic E-state index is 0.0372. The summed E-state index contributed by atoms with van der Waals surface area (Å²) in [7, 11) is 0. The summed E-state index contributed by atoms with van der Waals surface area (Å²) in [4.78, 5) is 8.27. The van der Waals surface area contributed by atoms with Gasteiger partial charge in [0.25, 0.3) is 0 Å². The predicted molar refractivity (Wildman–Crippen MR) is 71.7 cm³/mol. The molecule has 0 aliphatic heterocycles. The van der Waals surface area contributed by atoms with Crippen LogP contribution in [0.4, 0.5) is 5.82 Å². The van der Waals surface area contributed by atoms with Gasteiger partial charge in [-0.15, -0.1) is 0 Å². The van der Waals surface area contributed by atoms with Crippen LogP contribution >= 0.6 is 0 Å². The third-order valence-corrected chi connectivity index (χ3v) is 2.55. The number of aromatic nitrogens is 2. The molecule has 4 nitrogen and oxygen atoms in total. The number of ether oxygens (including phenoxy) is 1. The molecule has 0 saturated carbocycles. The number of pyridine rings is 2. The Morgan fingerprint density at radius 1 is 1.17 bits per heavy atom. The molecule has 0 aliphatic carbocycles. The highest BCUT2D eigenvalue weighted by Gasteiger charge is 2.14. The van der Waals surface area contributed by atoms with E-state index in [-0.39, 0.29) is 5.41 Å². The zero-order chi connectivity index (χ0) is 13.2. The third kappa shape index (κ3) is 2.97.